The number of fused-ring (bicyclic) bond motifs is 2. The fraction of sp³-hybridized carbons (Fsp3) is 0.394. The number of hydrogen-bond acceptors (Lipinski definition) is 4. The average molecular weight is 511 g/mol. The first-order valence-electron chi connectivity index (χ1n) is 13.7. The fourth-order valence-corrected chi connectivity index (χ4v) is 6.21. The lowest BCUT2D eigenvalue weighted by molar-refractivity contribution is -0.140. The third-order valence-electron chi connectivity index (χ3n) is 8.40. The third-order valence-corrected chi connectivity index (χ3v) is 8.40. The number of carbonyl (C=O) groups is 2. The zero-order chi connectivity index (χ0) is 26.6. The van der Waals surface area contributed by atoms with Crippen molar-refractivity contribution in [2.45, 2.75) is 45.1 Å². The highest BCUT2D eigenvalue weighted by atomic mass is 16.5. The highest BCUT2D eigenvalue weighted by Crippen LogP contribution is 2.49. The number of ether oxygens (including phenoxy) is 1. The topological polar surface area (TPSA) is 49.9 Å². The van der Waals surface area contributed by atoms with Crippen molar-refractivity contribution in [2.75, 3.05) is 31.0 Å². The number of methoxy groups -OCH3 is 1. The van der Waals surface area contributed by atoms with Crippen molar-refractivity contribution in [3.05, 3.63) is 83.9 Å². The lowest BCUT2D eigenvalue weighted by Gasteiger charge is -2.30. The van der Waals surface area contributed by atoms with E-state index in [9.17, 15) is 9.59 Å². The van der Waals surface area contributed by atoms with Gasteiger partial charge in [-0.2, -0.15) is 0 Å². The monoisotopic (exact) mass is 510 g/mol. The standard InChI is InChI=1S/C33H38N2O3/c1-34(2)29-16-14-27(15-17-29)26-11-7-24(8-12-26)22-35(33(37)31-21-25-9-13-28(31)19-25)30-6-4-5-23(20-30)10-18-32(36)38-3/h4-8,11-12,14-17,20,25,28,31H,9-10,13,18-19,21-22H2,1-3H3. The Hall–Kier alpha value is -3.60. The van der Waals surface area contributed by atoms with Crippen molar-refractivity contribution in [2.24, 2.45) is 17.8 Å². The maximum atomic E-state index is 14.0. The first-order chi connectivity index (χ1) is 18.4. The van der Waals surface area contributed by atoms with Gasteiger partial charge in [0.1, 0.15) is 0 Å². The van der Waals surface area contributed by atoms with E-state index >= 15 is 0 Å². The summed E-state index contributed by atoms with van der Waals surface area (Å²) in [4.78, 5) is 29.8. The Morgan fingerprint density at radius 2 is 1.55 bits per heavy atom. The normalized spacial score (nSPS) is 19.8. The van der Waals surface area contributed by atoms with Crippen molar-refractivity contribution >= 4 is 23.3 Å². The molecule has 2 saturated carbocycles. The van der Waals surface area contributed by atoms with Gasteiger partial charge in [0.05, 0.1) is 13.7 Å². The van der Waals surface area contributed by atoms with Crippen LogP contribution in [0.2, 0.25) is 0 Å². The van der Waals surface area contributed by atoms with E-state index in [1.165, 1.54) is 37.6 Å². The number of esters is 1. The summed E-state index contributed by atoms with van der Waals surface area (Å²) in [6.45, 7) is 0.535. The molecule has 0 aliphatic heterocycles. The number of hydrogen-bond donors (Lipinski definition) is 0. The van der Waals surface area contributed by atoms with E-state index in [0.717, 1.165) is 28.8 Å². The minimum atomic E-state index is -0.221. The molecule has 1 amide bonds. The second-order valence-corrected chi connectivity index (χ2v) is 11.1. The second kappa shape index (κ2) is 11.4. The van der Waals surface area contributed by atoms with E-state index in [1.807, 2.05) is 37.2 Å². The van der Waals surface area contributed by atoms with Gasteiger partial charge in [-0.3, -0.25) is 9.59 Å². The van der Waals surface area contributed by atoms with Crippen LogP contribution in [0, 0.1) is 17.8 Å². The van der Waals surface area contributed by atoms with E-state index in [2.05, 4.69) is 59.5 Å². The van der Waals surface area contributed by atoms with Gasteiger partial charge in [-0.05, 0) is 84.0 Å². The Labute approximate surface area is 226 Å². The zero-order valence-electron chi connectivity index (χ0n) is 22.7. The van der Waals surface area contributed by atoms with Gasteiger partial charge in [-0.25, -0.2) is 0 Å². The SMILES string of the molecule is COC(=O)CCc1cccc(N(Cc2ccc(-c3ccc(N(C)C)cc3)cc2)C(=O)C2CC3CCC2C3)c1. The molecule has 0 radical (unpaired) electrons. The summed E-state index contributed by atoms with van der Waals surface area (Å²) in [6.07, 6.45) is 5.59. The molecule has 5 nitrogen and oxygen atoms in total. The van der Waals surface area contributed by atoms with Crippen LogP contribution in [-0.4, -0.2) is 33.1 Å². The molecule has 3 aromatic rings. The molecular formula is C33H38N2O3. The van der Waals surface area contributed by atoms with Crippen LogP contribution in [0.15, 0.2) is 72.8 Å². The lowest BCUT2D eigenvalue weighted by Crippen LogP contribution is -2.38. The molecule has 2 aliphatic carbocycles. The lowest BCUT2D eigenvalue weighted by atomic mass is 9.87. The van der Waals surface area contributed by atoms with Crippen LogP contribution in [0.3, 0.4) is 0 Å². The number of carbonyl (C=O) groups excluding carboxylic acids is 2. The van der Waals surface area contributed by atoms with Crippen molar-refractivity contribution in [3.63, 3.8) is 0 Å². The van der Waals surface area contributed by atoms with Gasteiger partial charge in [-0.1, -0.05) is 55.0 Å². The van der Waals surface area contributed by atoms with Gasteiger partial charge in [0.25, 0.3) is 0 Å². The quantitative estimate of drug-likeness (QED) is 0.309. The Bertz CT molecular complexity index is 1270. The van der Waals surface area contributed by atoms with Crippen LogP contribution in [0.4, 0.5) is 11.4 Å². The molecule has 3 unspecified atom stereocenters. The summed E-state index contributed by atoms with van der Waals surface area (Å²) in [6, 6.07) is 25.2. The number of aryl methyl sites for hydroxylation is 1. The summed E-state index contributed by atoms with van der Waals surface area (Å²) in [5, 5.41) is 0. The van der Waals surface area contributed by atoms with E-state index < -0.39 is 0 Å². The molecule has 2 aliphatic rings. The molecule has 3 atom stereocenters. The molecular weight excluding hydrogens is 472 g/mol. The summed E-state index contributed by atoms with van der Waals surface area (Å²) < 4.78 is 4.81. The molecule has 3 aromatic carbocycles. The Balaban J connectivity index is 1.37. The summed E-state index contributed by atoms with van der Waals surface area (Å²) >= 11 is 0. The van der Waals surface area contributed by atoms with Crippen molar-refractivity contribution in [1.29, 1.82) is 0 Å². The van der Waals surface area contributed by atoms with Gasteiger partial charge in [-0.15, -0.1) is 0 Å². The van der Waals surface area contributed by atoms with E-state index in [4.69, 9.17) is 4.74 Å². The van der Waals surface area contributed by atoms with Crippen molar-refractivity contribution in [1.82, 2.24) is 0 Å². The van der Waals surface area contributed by atoms with Crippen LogP contribution in [0.25, 0.3) is 11.1 Å². The van der Waals surface area contributed by atoms with Gasteiger partial charge in [0.15, 0.2) is 0 Å². The first kappa shape index (κ1) is 26.0. The van der Waals surface area contributed by atoms with E-state index in [-0.39, 0.29) is 17.8 Å². The summed E-state index contributed by atoms with van der Waals surface area (Å²) in [5.41, 5.74) is 6.56. The van der Waals surface area contributed by atoms with Gasteiger partial charge in [0.2, 0.25) is 5.91 Å². The molecule has 0 heterocycles. The van der Waals surface area contributed by atoms with Crippen molar-refractivity contribution in [3.8, 4) is 11.1 Å². The number of nitrogens with zero attached hydrogens (tertiary/aromatic N) is 2. The smallest absolute Gasteiger partial charge is 0.305 e. The molecule has 2 bridgehead atoms. The summed E-state index contributed by atoms with van der Waals surface area (Å²) in [7, 11) is 5.50. The fourth-order valence-electron chi connectivity index (χ4n) is 6.21. The van der Waals surface area contributed by atoms with E-state index in [1.54, 1.807) is 0 Å². The predicted molar refractivity (Wildman–Crippen MR) is 153 cm³/mol. The Kier molecular flexibility index (Phi) is 7.82. The zero-order valence-corrected chi connectivity index (χ0v) is 22.7. The summed E-state index contributed by atoms with van der Waals surface area (Å²) in [5.74, 6) is 1.36. The molecule has 2 fully saturated rings. The first-order valence-corrected chi connectivity index (χ1v) is 13.7. The predicted octanol–water partition coefficient (Wildman–Crippen LogP) is 6.49. The minimum Gasteiger partial charge on any atom is -0.469 e. The largest absolute Gasteiger partial charge is 0.469 e. The molecule has 5 heteroatoms. The molecule has 5 rings (SSSR count). The molecule has 0 aromatic heterocycles. The average Bonchev–Trinajstić information content (AvgIpc) is 3.59. The van der Waals surface area contributed by atoms with Crippen LogP contribution < -0.4 is 9.80 Å². The van der Waals surface area contributed by atoms with Gasteiger partial charge in [0, 0.05) is 37.8 Å². The van der Waals surface area contributed by atoms with Gasteiger partial charge >= 0.3 is 5.97 Å². The van der Waals surface area contributed by atoms with Crippen LogP contribution in [0.5, 0.6) is 0 Å². The van der Waals surface area contributed by atoms with E-state index in [0.29, 0.717) is 31.2 Å². The minimum absolute atomic E-state index is 0.113. The van der Waals surface area contributed by atoms with Crippen LogP contribution >= 0.6 is 0 Å². The molecule has 0 spiro atoms. The van der Waals surface area contributed by atoms with Gasteiger partial charge < -0.3 is 14.5 Å². The van der Waals surface area contributed by atoms with Crippen molar-refractivity contribution < 1.29 is 14.3 Å². The molecule has 0 N–H and O–H groups in total. The molecule has 198 valence electrons. The number of amides is 1. The number of rotatable bonds is 9. The Morgan fingerprint density at radius 3 is 2.16 bits per heavy atom. The maximum absolute atomic E-state index is 14.0. The highest BCUT2D eigenvalue weighted by Gasteiger charge is 2.44. The number of benzene rings is 3. The molecule has 38 heavy (non-hydrogen) atoms. The Morgan fingerprint density at radius 1 is 0.842 bits per heavy atom. The highest BCUT2D eigenvalue weighted by molar-refractivity contribution is 5.95. The maximum Gasteiger partial charge on any atom is 0.305 e. The number of anilines is 2. The van der Waals surface area contributed by atoms with Crippen LogP contribution in [0.1, 0.15) is 43.2 Å². The molecule has 0 saturated heterocycles. The third kappa shape index (κ3) is 5.77. The second-order valence-electron chi connectivity index (χ2n) is 11.1. The van der Waals surface area contributed by atoms with Crippen LogP contribution in [-0.2, 0) is 27.3 Å².